The van der Waals surface area contributed by atoms with Crippen molar-refractivity contribution in [3.63, 3.8) is 0 Å². The van der Waals surface area contributed by atoms with Crippen molar-refractivity contribution < 1.29 is 14.3 Å². The number of likely N-dealkylation sites (N-methyl/N-ethyl adjacent to an activating group) is 1. The molecule has 172 valence electrons. The Morgan fingerprint density at radius 3 is 2.21 bits per heavy atom. The number of rotatable bonds is 10. The van der Waals surface area contributed by atoms with Crippen molar-refractivity contribution in [2.45, 2.75) is 18.5 Å². The highest BCUT2D eigenvalue weighted by Crippen LogP contribution is 2.22. The number of benzene rings is 3. The third-order valence-electron chi connectivity index (χ3n) is 5.51. The number of nitrogens with zero attached hydrogens (tertiary/aromatic N) is 1. The average molecular weight is 446 g/mol. The minimum atomic E-state index is -0.701. The Kier molecular flexibility index (Phi) is 8.61. The first-order valence-corrected chi connectivity index (χ1v) is 11.0. The molecule has 0 aliphatic heterocycles. The van der Waals surface area contributed by atoms with Crippen LogP contribution in [0.3, 0.4) is 0 Å². The van der Waals surface area contributed by atoms with Gasteiger partial charge in [-0.15, -0.1) is 0 Å². The molecule has 2 amide bonds. The van der Waals surface area contributed by atoms with Crippen molar-refractivity contribution >= 4 is 11.8 Å². The summed E-state index contributed by atoms with van der Waals surface area (Å²) in [6.07, 6.45) is 0.400. The molecule has 2 N–H and O–H groups in total. The largest absolute Gasteiger partial charge is 0.497 e. The van der Waals surface area contributed by atoms with Gasteiger partial charge >= 0.3 is 0 Å². The van der Waals surface area contributed by atoms with E-state index >= 15 is 0 Å². The van der Waals surface area contributed by atoms with Crippen LogP contribution in [0.25, 0.3) is 0 Å². The second-order valence-corrected chi connectivity index (χ2v) is 8.08. The van der Waals surface area contributed by atoms with E-state index in [-0.39, 0.29) is 17.9 Å². The number of amides is 2. The third-order valence-corrected chi connectivity index (χ3v) is 5.51. The van der Waals surface area contributed by atoms with Crippen LogP contribution in [0.5, 0.6) is 5.75 Å². The van der Waals surface area contributed by atoms with Gasteiger partial charge in [-0.2, -0.15) is 0 Å². The van der Waals surface area contributed by atoms with Crippen molar-refractivity contribution in [2.24, 2.45) is 0 Å². The predicted molar refractivity (Wildman–Crippen MR) is 130 cm³/mol. The zero-order valence-electron chi connectivity index (χ0n) is 19.3. The van der Waals surface area contributed by atoms with Gasteiger partial charge in [0.05, 0.1) is 13.2 Å². The molecule has 0 spiro atoms. The van der Waals surface area contributed by atoms with E-state index in [0.29, 0.717) is 18.5 Å². The first-order valence-electron chi connectivity index (χ1n) is 11.0. The summed E-state index contributed by atoms with van der Waals surface area (Å²) in [7, 11) is 5.57. The van der Waals surface area contributed by atoms with Crippen LogP contribution < -0.4 is 15.4 Å². The zero-order chi connectivity index (χ0) is 23.6. The number of ether oxygens (including phenoxy) is 1. The summed E-state index contributed by atoms with van der Waals surface area (Å²) in [5.74, 6) is 0.268. The van der Waals surface area contributed by atoms with Gasteiger partial charge in [0.15, 0.2) is 0 Å². The highest BCUT2D eigenvalue weighted by atomic mass is 16.5. The second kappa shape index (κ2) is 11.8. The maximum atomic E-state index is 13.2. The normalized spacial score (nSPS) is 12.6. The van der Waals surface area contributed by atoms with Crippen LogP contribution in [0, 0.1) is 0 Å². The van der Waals surface area contributed by atoms with E-state index in [1.54, 1.807) is 31.4 Å². The highest BCUT2D eigenvalue weighted by molar-refractivity contribution is 5.97. The molecule has 0 heterocycles. The van der Waals surface area contributed by atoms with Crippen molar-refractivity contribution in [3.8, 4) is 5.75 Å². The van der Waals surface area contributed by atoms with Gasteiger partial charge in [0.2, 0.25) is 5.91 Å². The van der Waals surface area contributed by atoms with Gasteiger partial charge in [-0.3, -0.25) is 9.59 Å². The van der Waals surface area contributed by atoms with Crippen molar-refractivity contribution in [3.05, 3.63) is 102 Å². The lowest BCUT2D eigenvalue weighted by Gasteiger charge is -2.27. The predicted octanol–water partition coefficient (Wildman–Crippen LogP) is 3.46. The minimum absolute atomic E-state index is 0.0498. The smallest absolute Gasteiger partial charge is 0.251 e. The summed E-state index contributed by atoms with van der Waals surface area (Å²) < 4.78 is 5.35. The Morgan fingerprint density at radius 1 is 0.909 bits per heavy atom. The summed E-state index contributed by atoms with van der Waals surface area (Å²) in [6, 6.07) is 25.7. The number of carbonyl (C=O) groups excluding carboxylic acids is 2. The van der Waals surface area contributed by atoms with Gasteiger partial charge < -0.3 is 20.3 Å². The van der Waals surface area contributed by atoms with Gasteiger partial charge in [-0.1, -0.05) is 60.7 Å². The van der Waals surface area contributed by atoms with Crippen LogP contribution in [0.15, 0.2) is 84.9 Å². The fourth-order valence-corrected chi connectivity index (χ4v) is 3.66. The Balaban J connectivity index is 1.74. The highest BCUT2D eigenvalue weighted by Gasteiger charge is 2.24. The molecule has 0 fully saturated rings. The molecule has 0 radical (unpaired) electrons. The second-order valence-electron chi connectivity index (χ2n) is 8.08. The number of hydrogen-bond acceptors (Lipinski definition) is 4. The third kappa shape index (κ3) is 6.92. The molecule has 6 nitrogen and oxygen atoms in total. The molecule has 0 saturated carbocycles. The van der Waals surface area contributed by atoms with Crippen LogP contribution in [-0.4, -0.2) is 50.5 Å². The first kappa shape index (κ1) is 24.0. The molecule has 0 aliphatic carbocycles. The summed E-state index contributed by atoms with van der Waals surface area (Å²) in [5.41, 5.74) is 2.53. The minimum Gasteiger partial charge on any atom is -0.497 e. The molecular weight excluding hydrogens is 414 g/mol. The topological polar surface area (TPSA) is 70.7 Å². The van der Waals surface area contributed by atoms with E-state index in [0.717, 1.165) is 16.9 Å². The quantitative estimate of drug-likeness (QED) is 0.502. The standard InChI is InChI=1S/C27H31N3O3/c1-30(2)25(22-15-10-16-23(18-22)33-3)19-28-27(32)24(17-20-11-6-4-7-12-20)29-26(31)21-13-8-5-9-14-21/h4-16,18,24-25H,17,19H2,1-3H3,(H,28,32)(H,29,31). The molecule has 2 unspecified atom stereocenters. The molecule has 0 aromatic heterocycles. The fraction of sp³-hybridized carbons (Fsp3) is 0.259. The fourth-order valence-electron chi connectivity index (χ4n) is 3.66. The summed E-state index contributed by atoms with van der Waals surface area (Å²) >= 11 is 0. The van der Waals surface area contributed by atoms with Crippen LogP contribution in [0.4, 0.5) is 0 Å². The molecule has 6 heteroatoms. The van der Waals surface area contributed by atoms with Gasteiger partial charge in [0.25, 0.3) is 5.91 Å². The Bertz CT molecular complexity index is 1040. The van der Waals surface area contributed by atoms with Crippen LogP contribution >= 0.6 is 0 Å². The Morgan fingerprint density at radius 2 is 1.58 bits per heavy atom. The summed E-state index contributed by atoms with van der Waals surface area (Å²) in [6.45, 7) is 0.394. The summed E-state index contributed by atoms with van der Waals surface area (Å²) in [4.78, 5) is 28.0. The van der Waals surface area contributed by atoms with E-state index in [4.69, 9.17) is 4.74 Å². The molecule has 0 saturated heterocycles. The lowest BCUT2D eigenvalue weighted by Crippen LogP contribution is -2.49. The molecule has 3 aromatic carbocycles. The van der Waals surface area contributed by atoms with E-state index in [1.807, 2.05) is 79.7 Å². The van der Waals surface area contributed by atoms with Gasteiger partial charge in [-0.25, -0.2) is 0 Å². The Labute approximate surface area is 195 Å². The maximum absolute atomic E-state index is 13.2. The van der Waals surface area contributed by atoms with Crippen LogP contribution in [-0.2, 0) is 11.2 Å². The van der Waals surface area contributed by atoms with Gasteiger partial charge in [-0.05, 0) is 49.5 Å². The van der Waals surface area contributed by atoms with E-state index in [9.17, 15) is 9.59 Å². The molecule has 0 bridgehead atoms. The van der Waals surface area contributed by atoms with E-state index in [1.165, 1.54) is 0 Å². The number of methoxy groups -OCH3 is 1. The number of carbonyl (C=O) groups is 2. The van der Waals surface area contributed by atoms with Crippen molar-refractivity contribution in [2.75, 3.05) is 27.7 Å². The maximum Gasteiger partial charge on any atom is 0.251 e. The Hall–Kier alpha value is -3.64. The molecule has 3 rings (SSSR count). The SMILES string of the molecule is COc1cccc(C(CNC(=O)C(Cc2ccccc2)NC(=O)c2ccccc2)N(C)C)c1. The molecule has 3 aromatic rings. The molecule has 2 atom stereocenters. The first-order chi connectivity index (χ1) is 16.0. The van der Waals surface area contributed by atoms with Crippen LogP contribution in [0.1, 0.15) is 27.5 Å². The monoisotopic (exact) mass is 445 g/mol. The molecule has 0 aliphatic rings. The zero-order valence-corrected chi connectivity index (χ0v) is 19.3. The lowest BCUT2D eigenvalue weighted by atomic mass is 10.0. The van der Waals surface area contributed by atoms with Gasteiger partial charge in [0.1, 0.15) is 11.8 Å². The summed E-state index contributed by atoms with van der Waals surface area (Å²) in [5, 5.41) is 5.95. The van der Waals surface area contributed by atoms with E-state index in [2.05, 4.69) is 10.6 Å². The average Bonchev–Trinajstić information content (AvgIpc) is 2.84. The van der Waals surface area contributed by atoms with Crippen LogP contribution in [0.2, 0.25) is 0 Å². The molecular formula is C27H31N3O3. The lowest BCUT2D eigenvalue weighted by molar-refractivity contribution is -0.123. The number of nitrogens with one attached hydrogen (secondary N) is 2. The number of hydrogen-bond donors (Lipinski definition) is 2. The van der Waals surface area contributed by atoms with Crippen molar-refractivity contribution in [1.82, 2.24) is 15.5 Å². The van der Waals surface area contributed by atoms with E-state index < -0.39 is 6.04 Å². The van der Waals surface area contributed by atoms with Crippen molar-refractivity contribution in [1.29, 1.82) is 0 Å². The van der Waals surface area contributed by atoms with Gasteiger partial charge in [0, 0.05) is 18.5 Å². The molecule has 33 heavy (non-hydrogen) atoms.